The van der Waals surface area contributed by atoms with E-state index in [1.807, 2.05) is 13.0 Å². The Morgan fingerprint density at radius 1 is 1.12 bits per heavy atom. The number of nitriles is 1. The second kappa shape index (κ2) is 9.32. The Hall–Kier alpha value is -3.51. The summed E-state index contributed by atoms with van der Waals surface area (Å²) in [5.41, 5.74) is 1.26. The van der Waals surface area contributed by atoms with Gasteiger partial charge in [-0.3, -0.25) is 19.7 Å². The lowest BCUT2D eigenvalue weighted by Gasteiger charge is -2.35. The Morgan fingerprint density at radius 2 is 1.78 bits per heavy atom. The molecule has 2 aromatic rings. The molecule has 0 radical (unpaired) electrons. The standard InChI is InChI=1S/C23H23N3O5S/c1-2-23(12-11-20(27)26-22(23)29)18-7-9-19(10-8-18)25-21(28)15-32(30,31)14-17-5-3-16(13-24)4-6-17/h3-10H,2,11-12,14-15H2,1H3,(H,25,28)(H,26,27,29). The van der Waals surface area contributed by atoms with Crippen LogP contribution >= 0.6 is 0 Å². The van der Waals surface area contributed by atoms with Crippen LogP contribution in [0.15, 0.2) is 48.5 Å². The van der Waals surface area contributed by atoms with Gasteiger partial charge >= 0.3 is 0 Å². The van der Waals surface area contributed by atoms with Gasteiger partial charge in [-0.05, 0) is 48.2 Å². The summed E-state index contributed by atoms with van der Waals surface area (Å²) < 4.78 is 24.7. The normalized spacial score (nSPS) is 18.5. The number of nitrogens with one attached hydrogen (secondary N) is 2. The van der Waals surface area contributed by atoms with E-state index in [0.29, 0.717) is 29.7 Å². The van der Waals surface area contributed by atoms with Gasteiger partial charge in [0.05, 0.1) is 22.8 Å². The van der Waals surface area contributed by atoms with Crippen molar-refractivity contribution in [2.24, 2.45) is 0 Å². The third kappa shape index (κ3) is 5.21. The van der Waals surface area contributed by atoms with Crippen LogP contribution in [0.3, 0.4) is 0 Å². The number of nitrogens with zero attached hydrogens (tertiary/aromatic N) is 1. The zero-order valence-electron chi connectivity index (χ0n) is 17.6. The fourth-order valence-electron chi connectivity index (χ4n) is 3.82. The van der Waals surface area contributed by atoms with Crippen LogP contribution in [0.4, 0.5) is 5.69 Å². The van der Waals surface area contributed by atoms with Crippen molar-refractivity contribution in [3.05, 3.63) is 65.2 Å². The number of piperidine rings is 1. The van der Waals surface area contributed by atoms with Crippen LogP contribution in [0, 0.1) is 11.3 Å². The lowest BCUT2D eigenvalue weighted by molar-refractivity contribution is -0.138. The molecule has 2 aromatic carbocycles. The number of sulfone groups is 1. The molecule has 1 atom stereocenters. The highest BCUT2D eigenvalue weighted by molar-refractivity contribution is 7.91. The quantitative estimate of drug-likeness (QED) is 0.618. The molecule has 2 N–H and O–H groups in total. The molecule has 32 heavy (non-hydrogen) atoms. The Morgan fingerprint density at radius 3 is 2.34 bits per heavy atom. The van der Waals surface area contributed by atoms with Crippen molar-refractivity contribution >= 4 is 33.2 Å². The van der Waals surface area contributed by atoms with Gasteiger partial charge < -0.3 is 5.32 Å². The lowest BCUT2D eigenvalue weighted by Crippen LogP contribution is -2.51. The molecule has 1 aliphatic heterocycles. The number of amides is 3. The van der Waals surface area contributed by atoms with Gasteiger partial charge in [0, 0.05) is 12.1 Å². The molecular formula is C23H23N3O5S. The minimum atomic E-state index is -3.70. The Bertz CT molecular complexity index is 1180. The molecule has 3 amide bonds. The third-order valence-electron chi connectivity index (χ3n) is 5.61. The SMILES string of the molecule is CCC1(c2ccc(NC(=O)CS(=O)(=O)Cc3ccc(C#N)cc3)cc2)CCC(=O)NC1=O. The first-order valence-corrected chi connectivity index (χ1v) is 11.9. The van der Waals surface area contributed by atoms with Crippen LogP contribution in [0.25, 0.3) is 0 Å². The molecule has 1 saturated heterocycles. The zero-order chi connectivity index (χ0) is 23.4. The van der Waals surface area contributed by atoms with Crippen molar-refractivity contribution < 1.29 is 22.8 Å². The first-order chi connectivity index (χ1) is 15.2. The number of hydrogen-bond donors (Lipinski definition) is 2. The maximum atomic E-state index is 12.5. The molecule has 0 bridgehead atoms. The maximum Gasteiger partial charge on any atom is 0.239 e. The highest BCUT2D eigenvalue weighted by atomic mass is 32.2. The smallest absolute Gasteiger partial charge is 0.239 e. The number of rotatable bonds is 7. The molecule has 1 heterocycles. The van der Waals surface area contributed by atoms with E-state index in [-0.39, 0.29) is 24.0 Å². The predicted octanol–water partition coefficient (Wildman–Crippen LogP) is 2.20. The molecule has 1 fully saturated rings. The van der Waals surface area contributed by atoms with E-state index in [9.17, 15) is 22.8 Å². The van der Waals surface area contributed by atoms with E-state index in [4.69, 9.17) is 5.26 Å². The second-order valence-corrected chi connectivity index (χ2v) is 9.84. The van der Waals surface area contributed by atoms with Crippen molar-refractivity contribution in [2.75, 3.05) is 11.1 Å². The highest BCUT2D eigenvalue weighted by Gasteiger charge is 2.42. The molecular weight excluding hydrogens is 430 g/mol. The minimum Gasteiger partial charge on any atom is -0.325 e. The van der Waals surface area contributed by atoms with Crippen LogP contribution in [0.1, 0.15) is 42.9 Å². The molecule has 0 spiro atoms. The molecule has 3 rings (SSSR count). The Balaban J connectivity index is 1.64. The summed E-state index contributed by atoms with van der Waals surface area (Å²) in [5, 5.41) is 13.8. The summed E-state index contributed by atoms with van der Waals surface area (Å²) in [5.74, 6) is -2.28. The third-order valence-corrected chi connectivity index (χ3v) is 7.09. The summed E-state index contributed by atoms with van der Waals surface area (Å²) in [6, 6.07) is 14.7. The van der Waals surface area contributed by atoms with E-state index in [1.54, 1.807) is 36.4 Å². The van der Waals surface area contributed by atoms with Crippen molar-refractivity contribution in [1.82, 2.24) is 5.32 Å². The average molecular weight is 454 g/mol. The number of hydrogen-bond acceptors (Lipinski definition) is 6. The van der Waals surface area contributed by atoms with Crippen molar-refractivity contribution in [3.8, 4) is 6.07 Å². The number of imide groups is 1. The average Bonchev–Trinajstić information content (AvgIpc) is 2.75. The molecule has 0 aliphatic carbocycles. The maximum absolute atomic E-state index is 12.5. The largest absolute Gasteiger partial charge is 0.325 e. The molecule has 9 heteroatoms. The monoisotopic (exact) mass is 453 g/mol. The second-order valence-electron chi connectivity index (χ2n) is 7.78. The fourth-order valence-corrected chi connectivity index (χ4v) is 5.09. The van der Waals surface area contributed by atoms with Crippen molar-refractivity contribution in [1.29, 1.82) is 5.26 Å². The first kappa shape index (κ1) is 23.2. The van der Waals surface area contributed by atoms with Gasteiger partial charge in [0.1, 0.15) is 5.75 Å². The molecule has 166 valence electrons. The summed E-state index contributed by atoms with van der Waals surface area (Å²) in [7, 11) is -3.70. The van der Waals surface area contributed by atoms with Crippen LogP contribution < -0.4 is 10.6 Å². The van der Waals surface area contributed by atoms with Crippen LogP contribution in [0.5, 0.6) is 0 Å². The fraction of sp³-hybridized carbons (Fsp3) is 0.304. The van der Waals surface area contributed by atoms with Crippen molar-refractivity contribution in [3.63, 3.8) is 0 Å². The van der Waals surface area contributed by atoms with Crippen molar-refractivity contribution in [2.45, 2.75) is 37.4 Å². The van der Waals surface area contributed by atoms with E-state index in [2.05, 4.69) is 10.6 Å². The van der Waals surface area contributed by atoms with Gasteiger partial charge in [0.2, 0.25) is 17.7 Å². The first-order valence-electron chi connectivity index (χ1n) is 10.1. The van der Waals surface area contributed by atoms with Gasteiger partial charge in [0.25, 0.3) is 0 Å². The summed E-state index contributed by atoms with van der Waals surface area (Å²) >= 11 is 0. The van der Waals surface area contributed by atoms with E-state index in [0.717, 1.165) is 5.56 Å². The number of carbonyl (C=O) groups excluding carboxylic acids is 3. The van der Waals surface area contributed by atoms with Gasteiger partial charge in [-0.15, -0.1) is 0 Å². The van der Waals surface area contributed by atoms with Crippen LogP contribution in [-0.4, -0.2) is 31.9 Å². The Kier molecular flexibility index (Phi) is 6.75. The van der Waals surface area contributed by atoms with Gasteiger partial charge in [0.15, 0.2) is 9.84 Å². The van der Waals surface area contributed by atoms with Gasteiger partial charge in [-0.1, -0.05) is 31.2 Å². The van der Waals surface area contributed by atoms with Gasteiger partial charge in [-0.25, -0.2) is 8.42 Å². The van der Waals surface area contributed by atoms with E-state index < -0.39 is 26.9 Å². The van der Waals surface area contributed by atoms with E-state index >= 15 is 0 Å². The molecule has 1 unspecified atom stereocenters. The summed E-state index contributed by atoms with van der Waals surface area (Å²) in [6.07, 6.45) is 1.19. The van der Waals surface area contributed by atoms with Crippen LogP contribution in [-0.2, 0) is 35.4 Å². The molecule has 0 saturated carbocycles. The molecule has 1 aliphatic rings. The minimum absolute atomic E-state index is 0.259. The highest BCUT2D eigenvalue weighted by Crippen LogP contribution is 2.36. The topological polar surface area (TPSA) is 133 Å². The summed E-state index contributed by atoms with van der Waals surface area (Å²) in [6.45, 7) is 1.88. The summed E-state index contributed by atoms with van der Waals surface area (Å²) in [4.78, 5) is 36.3. The predicted molar refractivity (Wildman–Crippen MR) is 118 cm³/mol. The van der Waals surface area contributed by atoms with E-state index in [1.165, 1.54) is 12.1 Å². The Labute approximate surface area is 186 Å². The number of carbonyl (C=O) groups is 3. The number of benzene rings is 2. The van der Waals surface area contributed by atoms with Crippen LogP contribution in [0.2, 0.25) is 0 Å². The molecule has 0 aromatic heterocycles. The van der Waals surface area contributed by atoms with Gasteiger partial charge in [-0.2, -0.15) is 5.26 Å². The number of anilines is 1. The lowest BCUT2D eigenvalue weighted by atomic mass is 9.72. The zero-order valence-corrected chi connectivity index (χ0v) is 18.4. The molecule has 8 nitrogen and oxygen atoms in total.